The van der Waals surface area contributed by atoms with E-state index in [-0.39, 0.29) is 0 Å². The molecular formula is C18H29N7O. The van der Waals surface area contributed by atoms with Crippen molar-refractivity contribution in [3.8, 4) is 0 Å². The quantitative estimate of drug-likeness (QED) is 0.407. The van der Waals surface area contributed by atoms with Crippen molar-refractivity contribution in [2.24, 2.45) is 4.99 Å². The zero-order valence-electron chi connectivity index (χ0n) is 15.5. The molecule has 0 aromatic carbocycles. The number of morpholine rings is 1. The fourth-order valence-corrected chi connectivity index (χ4v) is 2.99. The Bertz CT molecular complexity index is 694. The van der Waals surface area contributed by atoms with Crippen molar-refractivity contribution >= 4 is 11.6 Å². The third-order valence-electron chi connectivity index (χ3n) is 4.38. The molecule has 3 heterocycles. The molecular weight excluding hydrogens is 330 g/mol. The number of pyridine rings is 1. The second-order valence-electron chi connectivity index (χ2n) is 6.29. The summed E-state index contributed by atoms with van der Waals surface area (Å²) in [5.41, 5.74) is 0.893. The highest BCUT2D eigenvalue weighted by molar-refractivity contribution is 5.79. The van der Waals surface area contributed by atoms with Crippen LogP contribution in [0, 0.1) is 0 Å². The average Bonchev–Trinajstić information content (AvgIpc) is 3.09. The summed E-state index contributed by atoms with van der Waals surface area (Å²) in [6.07, 6.45) is 3.81. The van der Waals surface area contributed by atoms with Crippen molar-refractivity contribution in [3.05, 3.63) is 30.2 Å². The number of aromatic nitrogens is 3. The molecule has 1 fully saturated rings. The molecule has 2 aromatic heterocycles. The molecule has 8 heteroatoms. The van der Waals surface area contributed by atoms with Crippen molar-refractivity contribution in [1.82, 2.24) is 30.1 Å². The van der Waals surface area contributed by atoms with Gasteiger partial charge < -0.3 is 15.4 Å². The largest absolute Gasteiger partial charge is 0.379 e. The van der Waals surface area contributed by atoms with Gasteiger partial charge in [-0.15, -0.1) is 10.2 Å². The Morgan fingerprint density at radius 1 is 1.23 bits per heavy atom. The molecule has 2 N–H and O–H groups in total. The monoisotopic (exact) mass is 359 g/mol. The molecule has 3 rings (SSSR count). The van der Waals surface area contributed by atoms with E-state index in [0.29, 0.717) is 0 Å². The Hall–Kier alpha value is -2.19. The maximum absolute atomic E-state index is 5.38. The molecule has 26 heavy (non-hydrogen) atoms. The summed E-state index contributed by atoms with van der Waals surface area (Å²) in [4.78, 5) is 7.08. The van der Waals surface area contributed by atoms with Crippen LogP contribution in [0.5, 0.6) is 0 Å². The molecule has 8 nitrogen and oxygen atoms in total. The van der Waals surface area contributed by atoms with Crippen LogP contribution in [0.1, 0.15) is 19.2 Å². The van der Waals surface area contributed by atoms with Crippen LogP contribution >= 0.6 is 0 Å². The number of fused-ring (bicyclic) bond motifs is 1. The van der Waals surface area contributed by atoms with Gasteiger partial charge in [0, 0.05) is 51.9 Å². The summed E-state index contributed by atoms with van der Waals surface area (Å²) in [7, 11) is 0. The van der Waals surface area contributed by atoms with Crippen molar-refractivity contribution in [1.29, 1.82) is 0 Å². The molecule has 0 atom stereocenters. The zero-order valence-corrected chi connectivity index (χ0v) is 15.5. The van der Waals surface area contributed by atoms with Gasteiger partial charge in [-0.3, -0.25) is 14.3 Å². The molecule has 0 unspecified atom stereocenters. The molecule has 0 aliphatic carbocycles. The fraction of sp³-hybridized carbons (Fsp3) is 0.611. The third-order valence-corrected chi connectivity index (χ3v) is 4.38. The van der Waals surface area contributed by atoms with Gasteiger partial charge in [0.15, 0.2) is 11.6 Å². The van der Waals surface area contributed by atoms with Crippen LogP contribution in [-0.4, -0.2) is 77.9 Å². The van der Waals surface area contributed by atoms with Gasteiger partial charge in [0.2, 0.25) is 0 Å². The van der Waals surface area contributed by atoms with Crippen LogP contribution in [0.2, 0.25) is 0 Å². The van der Waals surface area contributed by atoms with Crippen molar-refractivity contribution < 1.29 is 4.74 Å². The minimum atomic E-state index is 0.759. The van der Waals surface area contributed by atoms with Crippen LogP contribution in [0.4, 0.5) is 0 Å². The van der Waals surface area contributed by atoms with Crippen molar-refractivity contribution in [2.75, 3.05) is 52.5 Å². The molecule has 142 valence electrons. The Balaban J connectivity index is 1.41. The van der Waals surface area contributed by atoms with Crippen LogP contribution in [-0.2, 0) is 11.2 Å². The van der Waals surface area contributed by atoms with Crippen LogP contribution in [0.15, 0.2) is 29.4 Å². The van der Waals surface area contributed by atoms with E-state index in [1.165, 1.54) is 0 Å². The lowest BCUT2D eigenvalue weighted by Crippen LogP contribution is -2.44. The number of aryl methyl sites for hydroxylation is 1. The molecule has 0 saturated carbocycles. The first kappa shape index (κ1) is 18.6. The third kappa shape index (κ3) is 5.40. The number of hydrogen-bond acceptors (Lipinski definition) is 5. The summed E-state index contributed by atoms with van der Waals surface area (Å²) in [5, 5.41) is 15.2. The smallest absolute Gasteiger partial charge is 0.191 e. The van der Waals surface area contributed by atoms with Gasteiger partial charge in [0.25, 0.3) is 0 Å². The van der Waals surface area contributed by atoms with Gasteiger partial charge in [-0.05, 0) is 25.5 Å². The highest BCUT2D eigenvalue weighted by Gasteiger charge is 2.09. The molecule has 2 aromatic rings. The van der Waals surface area contributed by atoms with Crippen LogP contribution in [0.3, 0.4) is 0 Å². The average molecular weight is 359 g/mol. The number of ether oxygens (including phenoxy) is 1. The minimum absolute atomic E-state index is 0.759. The van der Waals surface area contributed by atoms with Gasteiger partial charge in [-0.2, -0.15) is 0 Å². The topological polar surface area (TPSA) is 79.1 Å². The number of aliphatic imine (C=N–C) groups is 1. The molecule has 0 bridgehead atoms. The number of nitrogens with one attached hydrogen (secondary N) is 2. The Labute approximate surface area is 154 Å². The van der Waals surface area contributed by atoms with E-state index in [0.717, 1.165) is 82.8 Å². The molecule has 1 saturated heterocycles. The second kappa shape index (κ2) is 10.1. The number of hydrogen-bond donors (Lipinski definition) is 2. The predicted octanol–water partition coefficient (Wildman–Crippen LogP) is 0.549. The molecule has 1 aliphatic heterocycles. The molecule has 0 amide bonds. The maximum atomic E-state index is 5.38. The first-order valence-corrected chi connectivity index (χ1v) is 9.47. The Morgan fingerprint density at radius 2 is 2.12 bits per heavy atom. The van der Waals surface area contributed by atoms with E-state index in [4.69, 9.17) is 4.74 Å². The molecule has 1 aliphatic rings. The van der Waals surface area contributed by atoms with Gasteiger partial charge in [0.1, 0.15) is 5.82 Å². The first-order valence-electron chi connectivity index (χ1n) is 9.47. The summed E-state index contributed by atoms with van der Waals surface area (Å²) >= 11 is 0. The van der Waals surface area contributed by atoms with Crippen molar-refractivity contribution in [2.45, 2.75) is 19.8 Å². The highest BCUT2D eigenvalue weighted by Crippen LogP contribution is 2.05. The first-order chi connectivity index (χ1) is 12.9. The summed E-state index contributed by atoms with van der Waals surface area (Å²) < 4.78 is 7.42. The van der Waals surface area contributed by atoms with Gasteiger partial charge in [0.05, 0.1) is 13.2 Å². The normalized spacial score (nSPS) is 16.1. The van der Waals surface area contributed by atoms with E-state index < -0.39 is 0 Å². The van der Waals surface area contributed by atoms with Gasteiger partial charge in [-0.1, -0.05) is 6.07 Å². The van der Waals surface area contributed by atoms with E-state index in [1.54, 1.807) is 0 Å². The van der Waals surface area contributed by atoms with Crippen LogP contribution < -0.4 is 10.6 Å². The lowest BCUT2D eigenvalue weighted by molar-refractivity contribution is 0.0389. The van der Waals surface area contributed by atoms with Gasteiger partial charge >= 0.3 is 0 Å². The maximum Gasteiger partial charge on any atom is 0.191 e. The molecule has 0 spiro atoms. The number of rotatable bonds is 8. The summed E-state index contributed by atoms with van der Waals surface area (Å²) in [5.74, 6) is 1.87. The predicted molar refractivity (Wildman–Crippen MR) is 103 cm³/mol. The highest BCUT2D eigenvalue weighted by atomic mass is 16.5. The molecule has 0 radical (unpaired) electrons. The van der Waals surface area contributed by atoms with E-state index in [1.807, 2.05) is 28.8 Å². The second-order valence-corrected chi connectivity index (χ2v) is 6.29. The van der Waals surface area contributed by atoms with Gasteiger partial charge in [-0.25, -0.2) is 0 Å². The van der Waals surface area contributed by atoms with E-state index >= 15 is 0 Å². The van der Waals surface area contributed by atoms with Crippen LogP contribution in [0.25, 0.3) is 5.65 Å². The Kier molecular flexibility index (Phi) is 7.21. The van der Waals surface area contributed by atoms with E-state index in [9.17, 15) is 0 Å². The lowest BCUT2D eigenvalue weighted by atomic mass is 10.3. The van der Waals surface area contributed by atoms with E-state index in [2.05, 4.69) is 37.6 Å². The SMILES string of the molecule is CCNC(=NCCCc1nnc2ccccn12)NCCN1CCOCC1. The summed E-state index contributed by atoms with van der Waals surface area (Å²) in [6.45, 7) is 9.31. The summed E-state index contributed by atoms with van der Waals surface area (Å²) in [6, 6.07) is 5.94. The number of nitrogens with zero attached hydrogens (tertiary/aromatic N) is 5. The standard InChI is InChI=1S/C18H29N7O/c1-2-19-18(21-9-11-24-12-14-26-15-13-24)20-8-5-7-17-23-22-16-6-3-4-10-25(16)17/h3-4,6,10H,2,5,7-9,11-15H2,1H3,(H2,19,20,21). The minimum Gasteiger partial charge on any atom is -0.379 e. The fourth-order valence-electron chi connectivity index (χ4n) is 2.99. The Morgan fingerprint density at radius 3 is 2.96 bits per heavy atom. The number of guanidine groups is 1. The lowest BCUT2D eigenvalue weighted by Gasteiger charge is -2.26. The van der Waals surface area contributed by atoms with Crippen molar-refractivity contribution in [3.63, 3.8) is 0 Å². The zero-order chi connectivity index (χ0) is 18.0.